The van der Waals surface area contributed by atoms with E-state index in [1.807, 2.05) is 0 Å². The van der Waals surface area contributed by atoms with E-state index in [1.165, 1.54) is 6.04 Å². The Bertz CT molecular complexity index is 335. The van der Waals surface area contributed by atoms with Crippen LogP contribution in [0.3, 0.4) is 0 Å². The van der Waals surface area contributed by atoms with E-state index in [0.29, 0.717) is 23.3 Å². The Balaban J connectivity index is 2.63. The maximum Gasteiger partial charge on any atom is 0.150 e. The van der Waals surface area contributed by atoms with Gasteiger partial charge in [0.15, 0.2) is 9.84 Å². The highest BCUT2D eigenvalue weighted by Crippen LogP contribution is 2.31. The third-order valence-corrected chi connectivity index (χ3v) is 7.01. The molecule has 1 aliphatic heterocycles. The fourth-order valence-electron chi connectivity index (χ4n) is 2.72. The quantitative estimate of drug-likeness (QED) is 0.755. The molecule has 0 spiro atoms. The van der Waals surface area contributed by atoms with Crippen LogP contribution < -0.4 is 5.32 Å². The van der Waals surface area contributed by atoms with E-state index in [1.54, 1.807) is 0 Å². The summed E-state index contributed by atoms with van der Waals surface area (Å²) >= 11 is 0. The van der Waals surface area contributed by atoms with E-state index >= 15 is 0 Å². The number of hydrogen-bond acceptors (Lipinski definition) is 3. The van der Waals surface area contributed by atoms with E-state index in [4.69, 9.17) is 0 Å². The number of sulfone groups is 1. The molecule has 1 rings (SSSR count). The van der Waals surface area contributed by atoms with Crippen molar-refractivity contribution in [1.82, 2.24) is 5.32 Å². The second-order valence-corrected chi connectivity index (χ2v) is 14.3. The number of hydrogen-bond donors (Lipinski definition) is 1. The van der Waals surface area contributed by atoms with Crippen molar-refractivity contribution >= 4 is 17.9 Å². The molecular weight excluding hydrogens is 250 g/mol. The summed E-state index contributed by atoms with van der Waals surface area (Å²) in [7, 11) is -3.85. The molecule has 5 heteroatoms. The van der Waals surface area contributed by atoms with Crippen LogP contribution in [0.15, 0.2) is 0 Å². The van der Waals surface area contributed by atoms with Gasteiger partial charge in [0.2, 0.25) is 0 Å². The van der Waals surface area contributed by atoms with Crippen molar-refractivity contribution in [2.24, 2.45) is 11.8 Å². The molecule has 1 N–H and O–H groups in total. The van der Waals surface area contributed by atoms with Crippen LogP contribution in [-0.4, -0.2) is 41.1 Å². The van der Waals surface area contributed by atoms with Gasteiger partial charge < -0.3 is 5.32 Å². The summed E-state index contributed by atoms with van der Waals surface area (Å²) in [5.41, 5.74) is 0. The minimum atomic E-state index is -2.73. The van der Waals surface area contributed by atoms with Crippen molar-refractivity contribution in [3.05, 3.63) is 0 Å². The largest absolute Gasteiger partial charge is 0.317 e. The van der Waals surface area contributed by atoms with Gasteiger partial charge in [0.05, 0.1) is 11.5 Å². The van der Waals surface area contributed by atoms with Gasteiger partial charge in [-0.3, -0.25) is 0 Å². The molecule has 1 heterocycles. The number of rotatable bonds is 6. The van der Waals surface area contributed by atoms with Crippen molar-refractivity contribution in [3.8, 4) is 0 Å². The van der Waals surface area contributed by atoms with E-state index in [-0.39, 0.29) is 0 Å². The molecule has 0 saturated carbocycles. The maximum atomic E-state index is 11.6. The van der Waals surface area contributed by atoms with Crippen LogP contribution in [0.25, 0.3) is 0 Å². The van der Waals surface area contributed by atoms with Crippen LogP contribution in [-0.2, 0) is 9.84 Å². The summed E-state index contributed by atoms with van der Waals surface area (Å²) < 4.78 is 23.2. The predicted molar refractivity (Wildman–Crippen MR) is 76.9 cm³/mol. The molecule has 0 aromatic heterocycles. The van der Waals surface area contributed by atoms with Crippen LogP contribution in [0, 0.1) is 11.8 Å². The van der Waals surface area contributed by atoms with Gasteiger partial charge in [0.25, 0.3) is 0 Å². The molecule has 0 amide bonds. The molecule has 0 aromatic rings. The van der Waals surface area contributed by atoms with E-state index in [2.05, 4.69) is 31.9 Å². The minimum absolute atomic E-state index is 0.394. The van der Waals surface area contributed by atoms with E-state index < -0.39 is 17.9 Å². The lowest BCUT2D eigenvalue weighted by molar-refractivity contribution is 0.373. The first-order valence-corrected chi connectivity index (χ1v) is 12.2. The molecule has 1 saturated heterocycles. The van der Waals surface area contributed by atoms with Gasteiger partial charge in [-0.15, -0.1) is 0 Å². The van der Waals surface area contributed by atoms with Crippen molar-refractivity contribution < 1.29 is 8.42 Å². The topological polar surface area (TPSA) is 46.2 Å². The van der Waals surface area contributed by atoms with Gasteiger partial charge in [-0.25, -0.2) is 8.42 Å². The van der Waals surface area contributed by atoms with Crippen molar-refractivity contribution in [2.45, 2.75) is 39.0 Å². The fraction of sp³-hybridized carbons (Fsp3) is 1.00. The molecule has 2 unspecified atom stereocenters. The van der Waals surface area contributed by atoms with Gasteiger partial charge >= 0.3 is 0 Å². The summed E-state index contributed by atoms with van der Waals surface area (Å²) in [6, 6.07) is 1.24. The smallest absolute Gasteiger partial charge is 0.150 e. The predicted octanol–water partition coefficient (Wildman–Crippen LogP) is 1.98. The monoisotopic (exact) mass is 277 g/mol. The summed E-state index contributed by atoms with van der Waals surface area (Å²) in [6.07, 6.45) is 0.878. The van der Waals surface area contributed by atoms with Gasteiger partial charge in [-0.1, -0.05) is 32.6 Å². The molecule has 17 heavy (non-hydrogen) atoms. The van der Waals surface area contributed by atoms with E-state index in [0.717, 1.165) is 19.5 Å². The Hall–Kier alpha value is 0.127. The average molecular weight is 278 g/mol. The first-order chi connectivity index (χ1) is 7.73. The molecule has 0 radical (unpaired) electrons. The Morgan fingerprint density at radius 2 is 2.00 bits per heavy atom. The van der Waals surface area contributed by atoms with Crippen LogP contribution in [0.4, 0.5) is 0 Å². The average Bonchev–Trinajstić information content (AvgIpc) is 2.51. The van der Waals surface area contributed by atoms with Crippen LogP contribution >= 0.6 is 0 Å². The Morgan fingerprint density at radius 1 is 1.35 bits per heavy atom. The zero-order chi connectivity index (χ0) is 13.1. The highest BCUT2D eigenvalue weighted by Gasteiger charge is 2.35. The zero-order valence-electron chi connectivity index (χ0n) is 11.6. The lowest BCUT2D eigenvalue weighted by atomic mass is 9.93. The summed E-state index contributed by atoms with van der Waals surface area (Å²) in [5, 5.41) is 3.40. The van der Waals surface area contributed by atoms with Crippen LogP contribution in [0.2, 0.25) is 25.7 Å². The van der Waals surface area contributed by atoms with Crippen molar-refractivity contribution in [1.29, 1.82) is 0 Å². The summed E-state index contributed by atoms with van der Waals surface area (Å²) in [4.78, 5) is 0. The lowest BCUT2D eigenvalue weighted by Gasteiger charge is -2.28. The first-order valence-electron chi connectivity index (χ1n) is 6.64. The standard InChI is InChI=1S/C12H27NO2SSi/c1-5-13-8-12(10-17(2,3)4)11-6-7-16(14,15)9-11/h11-13H,5-10H2,1-4H3. The van der Waals surface area contributed by atoms with Gasteiger partial charge in [0.1, 0.15) is 0 Å². The zero-order valence-corrected chi connectivity index (χ0v) is 13.4. The lowest BCUT2D eigenvalue weighted by Crippen LogP contribution is -2.35. The normalized spacial score (nSPS) is 26.0. The molecule has 3 nitrogen and oxygen atoms in total. The fourth-order valence-corrected chi connectivity index (χ4v) is 6.69. The Kier molecular flexibility index (Phi) is 5.22. The molecule has 1 fully saturated rings. The molecule has 2 atom stereocenters. The Morgan fingerprint density at radius 3 is 2.41 bits per heavy atom. The van der Waals surface area contributed by atoms with Crippen molar-refractivity contribution in [2.75, 3.05) is 24.6 Å². The SMILES string of the molecule is CCNCC(C[Si](C)(C)C)C1CCS(=O)(=O)C1. The minimum Gasteiger partial charge on any atom is -0.317 e. The third-order valence-electron chi connectivity index (χ3n) is 3.47. The molecule has 0 bridgehead atoms. The van der Waals surface area contributed by atoms with Gasteiger partial charge in [-0.2, -0.15) is 0 Å². The molecular formula is C12H27NO2SSi. The summed E-state index contributed by atoms with van der Waals surface area (Å²) in [6.45, 7) is 11.2. The molecule has 1 aliphatic rings. The molecule has 0 aliphatic carbocycles. The second-order valence-electron chi connectivity index (χ2n) is 6.50. The maximum absolute atomic E-state index is 11.6. The van der Waals surface area contributed by atoms with Gasteiger partial charge in [-0.05, 0) is 31.3 Å². The summed E-state index contributed by atoms with van der Waals surface area (Å²) in [5.74, 6) is 1.78. The second kappa shape index (κ2) is 5.84. The first kappa shape index (κ1) is 15.2. The highest BCUT2D eigenvalue weighted by molar-refractivity contribution is 7.91. The third kappa shape index (κ3) is 5.53. The Labute approximate surface area is 107 Å². The van der Waals surface area contributed by atoms with Crippen molar-refractivity contribution in [3.63, 3.8) is 0 Å². The van der Waals surface area contributed by atoms with E-state index in [9.17, 15) is 8.42 Å². The molecule has 102 valence electrons. The van der Waals surface area contributed by atoms with Gasteiger partial charge in [0, 0.05) is 8.07 Å². The van der Waals surface area contributed by atoms with Crippen LogP contribution in [0.5, 0.6) is 0 Å². The van der Waals surface area contributed by atoms with Crippen LogP contribution in [0.1, 0.15) is 13.3 Å². The number of nitrogens with one attached hydrogen (secondary N) is 1. The molecule has 0 aromatic carbocycles. The highest BCUT2D eigenvalue weighted by atomic mass is 32.2.